The molecule has 0 atom stereocenters. The second-order valence-electron chi connectivity index (χ2n) is 6.15. The van der Waals surface area contributed by atoms with Crippen LogP contribution in [0.5, 0.6) is 23.0 Å². The van der Waals surface area contributed by atoms with E-state index in [1.807, 2.05) is 12.1 Å². The number of aromatic nitrogens is 1. The molecular weight excluding hydrogens is 378 g/mol. The molecule has 1 aromatic heterocycles. The highest BCUT2D eigenvalue weighted by molar-refractivity contribution is 6.31. The van der Waals surface area contributed by atoms with Gasteiger partial charge in [0.25, 0.3) is 5.56 Å². The van der Waals surface area contributed by atoms with Crippen molar-refractivity contribution < 1.29 is 14.6 Å². The van der Waals surface area contributed by atoms with E-state index in [0.29, 0.717) is 38.7 Å². The van der Waals surface area contributed by atoms with Crippen molar-refractivity contribution in [3.63, 3.8) is 0 Å². The third-order valence-electron chi connectivity index (χ3n) is 4.37. The Morgan fingerprint density at radius 3 is 2.54 bits per heavy atom. The first kappa shape index (κ1) is 17.9. The van der Waals surface area contributed by atoms with Gasteiger partial charge in [0, 0.05) is 10.4 Å². The summed E-state index contributed by atoms with van der Waals surface area (Å²) in [6, 6.07) is 19.2. The van der Waals surface area contributed by atoms with Gasteiger partial charge in [-0.25, -0.2) is 0 Å². The fourth-order valence-corrected chi connectivity index (χ4v) is 3.24. The van der Waals surface area contributed by atoms with Crippen LogP contribution in [0.25, 0.3) is 22.0 Å². The molecule has 0 aliphatic heterocycles. The van der Waals surface area contributed by atoms with Crippen molar-refractivity contribution in [1.29, 1.82) is 0 Å². The molecule has 4 aromatic rings. The van der Waals surface area contributed by atoms with E-state index in [-0.39, 0.29) is 11.3 Å². The Labute approximate surface area is 165 Å². The molecule has 5 nitrogen and oxygen atoms in total. The Hall–Kier alpha value is -3.44. The highest BCUT2D eigenvalue weighted by Crippen LogP contribution is 2.36. The minimum absolute atomic E-state index is 0.107. The zero-order chi connectivity index (χ0) is 19.7. The normalized spacial score (nSPS) is 10.8. The molecule has 0 bridgehead atoms. The predicted molar refractivity (Wildman–Crippen MR) is 110 cm³/mol. The van der Waals surface area contributed by atoms with Crippen molar-refractivity contribution in [2.45, 2.75) is 0 Å². The molecule has 0 aliphatic carbocycles. The Balaban J connectivity index is 1.80. The van der Waals surface area contributed by atoms with Crippen molar-refractivity contribution in [1.82, 2.24) is 4.98 Å². The SMILES string of the molecule is COc1ccccc1Oc1cccc(-c2c(O)c3ccc(Cl)cc3[nH]c2=O)c1. The van der Waals surface area contributed by atoms with Gasteiger partial charge < -0.3 is 19.6 Å². The van der Waals surface area contributed by atoms with Crippen LogP contribution >= 0.6 is 11.6 Å². The quantitative estimate of drug-likeness (QED) is 0.490. The van der Waals surface area contributed by atoms with Crippen LogP contribution in [0.2, 0.25) is 5.02 Å². The lowest BCUT2D eigenvalue weighted by Crippen LogP contribution is -2.09. The molecule has 0 radical (unpaired) electrons. The molecule has 0 saturated carbocycles. The summed E-state index contributed by atoms with van der Waals surface area (Å²) in [6.45, 7) is 0. The topological polar surface area (TPSA) is 71.5 Å². The maximum absolute atomic E-state index is 12.6. The number of para-hydroxylation sites is 2. The lowest BCUT2D eigenvalue weighted by molar-refractivity contribution is 0.379. The van der Waals surface area contributed by atoms with Crippen LogP contribution in [-0.4, -0.2) is 17.2 Å². The number of aromatic amines is 1. The van der Waals surface area contributed by atoms with E-state index in [9.17, 15) is 9.90 Å². The summed E-state index contributed by atoms with van der Waals surface area (Å²) in [4.78, 5) is 15.4. The summed E-state index contributed by atoms with van der Waals surface area (Å²) in [5, 5.41) is 11.7. The maximum atomic E-state index is 12.6. The Kier molecular flexibility index (Phi) is 4.67. The molecule has 3 aromatic carbocycles. The minimum Gasteiger partial charge on any atom is -0.506 e. The summed E-state index contributed by atoms with van der Waals surface area (Å²) < 4.78 is 11.2. The third kappa shape index (κ3) is 3.28. The molecule has 140 valence electrons. The zero-order valence-electron chi connectivity index (χ0n) is 14.9. The van der Waals surface area contributed by atoms with Crippen LogP contribution in [0.3, 0.4) is 0 Å². The first-order valence-electron chi connectivity index (χ1n) is 8.52. The van der Waals surface area contributed by atoms with Gasteiger partial charge >= 0.3 is 0 Å². The number of aromatic hydroxyl groups is 1. The van der Waals surface area contributed by atoms with Crippen molar-refractivity contribution in [2.75, 3.05) is 7.11 Å². The van der Waals surface area contributed by atoms with Gasteiger partial charge in [-0.1, -0.05) is 35.9 Å². The van der Waals surface area contributed by atoms with Gasteiger partial charge in [-0.2, -0.15) is 0 Å². The number of methoxy groups -OCH3 is 1. The van der Waals surface area contributed by atoms with Gasteiger partial charge in [0.1, 0.15) is 11.5 Å². The molecule has 0 unspecified atom stereocenters. The Bertz CT molecular complexity index is 1230. The summed E-state index contributed by atoms with van der Waals surface area (Å²) >= 11 is 5.97. The van der Waals surface area contributed by atoms with E-state index >= 15 is 0 Å². The molecule has 0 spiro atoms. The van der Waals surface area contributed by atoms with Gasteiger partial charge in [0.2, 0.25) is 0 Å². The number of hydrogen-bond acceptors (Lipinski definition) is 4. The minimum atomic E-state index is -0.415. The van der Waals surface area contributed by atoms with Crippen LogP contribution < -0.4 is 15.0 Å². The zero-order valence-corrected chi connectivity index (χ0v) is 15.7. The van der Waals surface area contributed by atoms with E-state index in [1.165, 1.54) is 0 Å². The van der Waals surface area contributed by atoms with E-state index in [1.54, 1.807) is 61.7 Å². The molecule has 0 amide bonds. The van der Waals surface area contributed by atoms with E-state index in [4.69, 9.17) is 21.1 Å². The molecule has 0 saturated heterocycles. The van der Waals surface area contributed by atoms with E-state index in [2.05, 4.69) is 4.98 Å². The Morgan fingerprint density at radius 2 is 1.75 bits per heavy atom. The maximum Gasteiger partial charge on any atom is 0.260 e. The average molecular weight is 394 g/mol. The van der Waals surface area contributed by atoms with Crippen LogP contribution in [0, 0.1) is 0 Å². The van der Waals surface area contributed by atoms with Crippen LogP contribution in [0.15, 0.2) is 71.5 Å². The predicted octanol–water partition coefficient (Wildman–Crippen LogP) is 5.36. The second-order valence-corrected chi connectivity index (χ2v) is 6.58. The number of halogens is 1. The molecule has 0 aliphatic rings. The van der Waals surface area contributed by atoms with Crippen LogP contribution in [0.1, 0.15) is 0 Å². The van der Waals surface area contributed by atoms with Gasteiger partial charge in [-0.3, -0.25) is 4.79 Å². The van der Waals surface area contributed by atoms with Crippen LogP contribution in [-0.2, 0) is 0 Å². The number of H-pyrrole nitrogens is 1. The van der Waals surface area contributed by atoms with Gasteiger partial charge in [0.15, 0.2) is 11.5 Å². The monoisotopic (exact) mass is 393 g/mol. The molecule has 1 heterocycles. The van der Waals surface area contributed by atoms with Gasteiger partial charge in [-0.15, -0.1) is 0 Å². The first-order chi connectivity index (χ1) is 13.6. The summed E-state index contributed by atoms with van der Waals surface area (Å²) in [6.07, 6.45) is 0. The molecule has 2 N–H and O–H groups in total. The van der Waals surface area contributed by atoms with Crippen molar-refractivity contribution in [3.05, 3.63) is 82.1 Å². The third-order valence-corrected chi connectivity index (χ3v) is 4.60. The fraction of sp³-hybridized carbons (Fsp3) is 0.0455. The summed E-state index contributed by atoms with van der Waals surface area (Å²) in [7, 11) is 1.57. The highest BCUT2D eigenvalue weighted by Gasteiger charge is 2.15. The number of benzene rings is 3. The number of ether oxygens (including phenoxy) is 2. The number of nitrogens with one attached hydrogen (secondary N) is 1. The van der Waals surface area contributed by atoms with Crippen LogP contribution in [0.4, 0.5) is 0 Å². The molecular formula is C22H16ClNO4. The standard InChI is InChI=1S/C22H16ClNO4/c1-27-18-7-2-3-8-19(18)28-15-6-4-5-13(11-15)20-21(25)16-10-9-14(23)12-17(16)24-22(20)26/h2-12H,1H3,(H2,24,25,26). The molecule has 28 heavy (non-hydrogen) atoms. The largest absolute Gasteiger partial charge is 0.506 e. The first-order valence-corrected chi connectivity index (χ1v) is 8.90. The smallest absolute Gasteiger partial charge is 0.260 e. The number of pyridine rings is 1. The fourth-order valence-electron chi connectivity index (χ4n) is 3.07. The number of fused-ring (bicyclic) bond motifs is 1. The Morgan fingerprint density at radius 1 is 0.964 bits per heavy atom. The summed E-state index contributed by atoms with van der Waals surface area (Å²) in [5.41, 5.74) is 0.755. The van der Waals surface area contributed by atoms with Gasteiger partial charge in [-0.05, 0) is 48.0 Å². The van der Waals surface area contributed by atoms with Crippen molar-refractivity contribution in [2.24, 2.45) is 0 Å². The lowest BCUT2D eigenvalue weighted by Gasteiger charge is -2.12. The lowest BCUT2D eigenvalue weighted by atomic mass is 10.0. The molecule has 6 heteroatoms. The van der Waals surface area contributed by atoms with E-state index in [0.717, 1.165) is 0 Å². The van der Waals surface area contributed by atoms with Gasteiger partial charge in [0.05, 0.1) is 18.2 Å². The number of rotatable bonds is 4. The number of hydrogen-bond donors (Lipinski definition) is 2. The second kappa shape index (κ2) is 7.29. The van der Waals surface area contributed by atoms with Crippen molar-refractivity contribution in [3.8, 4) is 34.1 Å². The highest BCUT2D eigenvalue weighted by atomic mass is 35.5. The molecule has 0 fully saturated rings. The summed E-state index contributed by atoms with van der Waals surface area (Å²) in [5.74, 6) is 1.55. The van der Waals surface area contributed by atoms with Crippen molar-refractivity contribution >= 4 is 22.5 Å². The van der Waals surface area contributed by atoms with E-state index < -0.39 is 5.56 Å². The average Bonchev–Trinajstić information content (AvgIpc) is 2.68. The molecule has 4 rings (SSSR count).